The molecule has 1 amide bonds. The topological polar surface area (TPSA) is 68.0 Å². The first-order valence-electron chi connectivity index (χ1n) is 8.32. The zero-order chi connectivity index (χ0) is 17.6. The van der Waals surface area contributed by atoms with Crippen LogP contribution in [0.3, 0.4) is 0 Å². The molecule has 1 aromatic heterocycles. The fourth-order valence-electron chi connectivity index (χ4n) is 2.83. The minimum Gasteiger partial charge on any atom is -0.497 e. The van der Waals surface area contributed by atoms with Gasteiger partial charge in [-0.15, -0.1) is 0 Å². The average molecular weight is 345 g/mol. The zero-order valence-electron chi connectivity index (χ0n) is 14.6. The van der Waals surface area contributed by atoms with Crippen LogP contribution >= 0.6 is 0 Å². The molecule has 0 spiro atoms. The molecule has 1 aliphatic heterocycles. The molecule has 1 aromatic carbocycles. The summed E-state index contributed by atoms with van der Waals surface area (Å²) in [5, 5.41) is 3.84. The summed E-state index contributed by atoms with van der Waals surface area (Å²) in [7, 11) is 1.66. The molecule has 0 saturated carbocycles. The molecule has 2 aromatic rings. The molecule has 1 aliphatic rings. The summed E-state index contributed by atoms with van der Waals surface area (Å²) in [6, 6.07) is 9.79. The number of piperazine rings is 1. The summed E-state index contributed by atoms with van der Waals surface area (Å²) in [5.41, 5.74) is 1.85. The van der Waals surface area contributed by atoms with Crippen molar-refractivity contribution in [3.63, 3.8) is 0 Å². The highest BCUT2D eigenvalue weighted by atomic mass is 16.5. The molecule has 0 bridgehead atoms. The van der Waals surface area contributed by atoms with E-state index in [2.05, 4.69) is 10.1 Å². The van der Waals surface area contributed by atoms with E-state index in [-0.39, 0.29) is 19.1 Å². The summed E-state index contributed by atoms with van der Waals surface area (Å²) < 4.78 is 15.6. The maximum Gasteiger partial charge on any atom is 0.248 e. The van der Waals surface area contributed by atoms with Gasteiger partial charge in [-0.2, -0.15) is 0 Å². The van der Waals surface area contributed by atoms with Crippen LogP contribution in [0.2, 0.25) is 0 Å². The standard InChI is InChI=1S/C18H23N3O4/c1-14-11-15(19-25-14)12-24-13-18(22)21-9-7-20(8-10-21)16-3-5-17(23-2)6-4-16/h3-6,11H,7-10,12-13H2,1-2H3. The van der Waals surface area contributed by atoms with Crippen LogP contribution in [0.1, 0.15) is 11.5 Å². The number of aromatic nitrogens is 1. The van der Waals surface area contributed by atoms with Crippen molar-refractivity contribution < 1.29 is 18.8 Å². The van der Waals surface area contributed by atoms with Crippen molar-refractivity contribution in [3.8, 4) is 5.75 Å². The van der Waals surface area contributed by atoms with Crippen LogP contribution in [0.4, 0.5) is 5.69 Å². The first kappa shape index (κ1) is 17.3. The molecule has 1 saturated heterocycles. The molecule has 3 rings (SSSR count). The Balaban J connectivity index is 1.42. The molecule has 0 radical (unpaired) electrons. The summed E-state index contributed by atoms with van der Waals surface area (Å²) in [6.45, 7) is 5.17. The molecule has 0 unspecified atom stereocenters. The number of rotatable bonds is 6. The van der Waals surface area contributed by atoms with Crippen LogP contribution in [0.15, 0.2) is 34.9 Å². The van der Waals surface area contributed by atoms with Gasteiger partial charge in [0.2, 0.25) is 5.91 Å². The van der Waals surface area contributed by atoms with Crippen molar-refractivity contribution in [2.75, 3.05) is 44.8 Å². The van der Waals surface area contributed by atoms with E-state index in [1.807, 2.05) is 36.1 Å². The van der Waals surface area contributed by atoms with Gasteiger partial charge in [-0.1, -0.05) is 5.16 Å². The molecular formula is C18H23N3O4. The van der Waals surface area contributed by atoms with E-state index >= 15 is 0 Å². The number of amides is 1. The fourth-order valence-corrected chi connectivity index (χ4v) is 2.83. The predicted molar refractivity (Wildman–Crippen MR) is 92.7 cm³/mol. The van der Waals surface area contributed by atoms with Crippen molar-refractivity contribution in [1.82, 2.24) is 10.1 Å². The maximum atomic E-state index is 12.2. The molecule has 7 nitrogen and oxygen atoms in total. The highest BCUT2D eigenvalue weighted by Crippen LogP contribution is 2.20. The van der Waals surface area contributed by atoms with Gasteiger partial charge in [0.15, 0.2) is 0 Å². The third-order valence-corrected chi connectivity index (χ3v) is 4.22. The second kappa shape index (κ2) is 8.02. The smallest absolute Gasteiger partial charge is 0.248 e. The Morgan fingerprint density at radius 1 is 1.20 bits per heavy atom. The van der Waals surface area contributed by atoms with Gasteiger partial charge in [0.1, 0.15) is 23.8 Å². The predicted octanol–water partition coefficient (Wildman–Crippen LogP) is 1.86. The van der Waals surface area contributed by atoms with Crippen molar-refractivity contribution in [2.45, 2.75) is 13.5 Å². The number of ether oxygens (including phenoxy) is 2. The monoisotopic (exact) mass is 345 g/mol. The van der Waals surface area contributed by atoms with Crippen LogP contribution in [0.25, 0.3) is 0 Å². The summed E-state index contributed by atoms with van der Waals surface area (Å²) in [5.74, 6) is 1.59. The van der Waals surface area contributed by atoms with Crippen molar-refractivity contribution in [2.24, 2.45) is 0 Å². The van der Waals surface area contributed by atoms with E-state index in [9.17, 15) is 4.79 Å². The Morgan fingerprint density at radius 2 is 1.92 bits per heavy atom. The van der Waals surface area contributed by atoms with E-state index in [4.69, 9.17) is 14.0 Å². The van der Waals surface area contributed by atoms with E-state index in [1.165, 1.54) is 0 Å². The Hall–Kier alpha value is -2.54. The number of hydrogen-bond acceptors (Lipinski definition) is 6. The van der Waals surface area contributed by atoms with Gasteiger partial charge in [0.05, 0.1) is 13.7 Å². The third kappa shape index (κ3) is 4.51. The number of nitrogens with zero attached hydrogens (tertiary/aromatic N) is 3. The molecule has 0 aliphatic carbocycles. The highest BCUT2D eigenvalue weighted by Gasteiger charge is 2.21. The lowest BCUT2D eigenvalue weighted by atomic mass is 10.2. The highest BCUT2D eigenvalue weighted by molar-refractivity contribution is 5.77. The first-order valence-corrected chi connectivity index (χ1v) is 8.32. The molecular weight excluding hydrogens is 322 g/mol. The zero-order valence-corrected chi connectivity index (χ0v) is 14.6. The summed E-state index contributed by atoms with van der Waals surface area (Å²) in [6.07, 6.45) is 0. The third-order valence-electron chi connectivity index (χ3n) is 4.22. The number of benzene rings is 1. The number of carbonyl (C=O) groups is 1. The fraction of sp³-hybridized carbons (Fsp3) is 0.444. The van der Waals surface area contributed by atoms with Gasteiger partial charge in [0, 0.05) is 37.9 Å². The van der Waals surface area contributed by atoms with E-state index in [0.717, 1.165) is 30.3 Å². The van der Waals surface area contributed by atoms with Crippen LogP contribution in [-0.4, -0.2) is 55.9 Å². The molecule has 25 heavy (non-hydrogen) atoms. The Bertz CT molecular complexity index is 691. The quantitative estimate of drug-likeness (QED) is 0.796. The number of aryl methyl sites for hydroxylation is 1. The summed E-state index contributed by atoms with van der Waals surface area (Å²) >= 11 is 0. The van der Waals surface area contributed by atoms with Crippen molar-refractivity contribution in [1.29, 1.82) is 0 Å². The Morgan fingerprint density at radius 3 is 2.52 bits per heavy atom. The largest absolute Gasteiger partial charge is 0.497 e. The molecule has 1 fully saturated rings. The van der Waals surface area contributed by atoms with Gasteiger partial charge >= 0.3 is 0 Å². The number of hydrogen-bond donors (Lipinski definition) is 0. The lowest BCUT2D eigenvalue weighted by Gasteiger charge is -2.36. The van der Waals surface area contributed by atoms with Gasteiger partial charge in [-0.3, -0.25) is 4.79 Å². The number of methoxy groups -OCH3 is 1. The molecule has 2 heterocycles. The molecule has 0 atom stereocenters. The van der Waals surface area contributed by atoms with Gasteiger partial charge in [-0.25, -0.2) is 0 Å². The molecule has 0 N–H and O–H groups in total. The van der Waals surface area contributed by atoms with Crippen molar-refractivity contribution in [3.05, 3.63) is 41.8 Å². The van der Waals surface area contributed by atoms with E-state index < -0.39 is 0 Å². The second-order valence-corrected chi connectivity index (χ2v) is 5.99. The van der Waals surface area contributed by atoms with E-state index in [1.54, 1.807) is 13.2 Å². The summed E-state index contributed by atoms with van der Waals surface area (Å²) in [4.78, 5) is 16.3. The molecule has 7 heteroatoms. The van der Waals surface area contributed by atoms with Crippen LogP contribution in [0.5, 0.6) is 5.75 Å². The number of anilines is 1. The van der Waals surface area contributed by atoms with Gasteiger partial charge < -0.3 is 23.8 Å². The minimum atomic E-state index is 0.00889. The van der Waals surface area contributed by atoms with Crippen LogP contribution in [0, 0.1) is 6.92 Å². The lowest BCUT2D eigenvalue weighted by Crippen LogP contribution is -2.49. The van der Waals surface area contributed by atoms with E-state index in [0.29, 0.717) is 18.8 Å². The Kier molecular flexibility index (Phi) is 5.55. The van der Waals surface area contributed by atoms with Gasteiger partial charge in [0.25, 0.3) is 0 Å². The van der Waals surface area contributed by atoms with Crippen LogP contribution < -0.4 is 9.64 Å². The normalized spacial score (nSPS) is 14.6. The van der Waals surface area contributed by atoms with Crippen LogP contribution in [-0.2, 0) is 16.1 Å². The maximum absolute atomic E-state index is 12.2. The SMILES string of the molecule is COc1ccc(N2CCN(C(=O)COCc3cc(C)on3)CC2)cc1. The minimum absolute atomic E-state index is 0.00889. The first-order chi connectivity index (χ1) is 12.2. The van der Waals surface area contributed by atoms with Crippen molar-refractivity contribution >= 4 is 11.6 Å². The number of carbonyl (C=O) groups excluding carboxylic acids is 1. The Labute approximate surface area is 147 Å². The lowest BCUT2D eigenvalue weighted by molar-refractivity contribution is -0.136. The average Bonchev–Trinajstić information content (AvgIpc) is 3.07. The van der Waals surface area contributed by atoms with Gasteiger partial charge in [-0.05, 0) is 31.2 Å². The second-order valence-electron chi connectivity index (χ2n) is 5.99. The molecule has 134 valence electrons.